The van der Waals surface area contributed by atoms with Gasteiger partial charge in [0.2, 0.25) is 6.29 Å². The van der Waals surface area contributed by atoms with Gasteiger partial charge in [0.25, 0.3) is 0 Å². The van der Waals surface area contributed by atoms with Crippen LogP contribution in [0.1, 0.15) is 31.9 Å². The minimum absolute atomic E-state index is 0.143. The van der Waals surface area contributed by atoms with Gasteiger partial charge < -0.3 is 28.4 Å². The lowest BCUT2D eigenvalue weighted by Crippen LogP contribution is -2.62. The van der Waals surface area contributed by atoms with E-state index in [-0.39, 0.29) is 19.8 Å². The van der Waals surface area contributed by atoms with Gasteiger partial charge in [-0.3, -0.25) is 14.4 Å². The van der Waals surface area contributed by atoms with E-state index in [2.05, 4.69) is 0 Å². The fourth-order valence-electron chi connectivity index (χ4n) is 3.71. The summed E-state index contributed by atoms with van der Waals surface area (Å²) < 4.78 is 34.4. The molecule has 1 fully saturated rings. The molecule has 0 aliphatic carbocycles. The van der Waals surface area contributed by atoms with Gasteiger partial charge in [0, 0.05) is 20.8 Å². The van der Waals surface area contributed by atoms with Crippen molar-refractivity contribution in [3.05, 3.63) is 71.8 Å². The summed E-state index contributed by atoms with van der Waals surface area (Å²) in [6, 6.07) is 18.8. The van der Waals surface area contributed by atoms with Gasteiger partial charge in [-0.05, 0) is 11.1 Å². The molecule has 0 radical (unpaired) electrons. The van der Waals surface area contributed by atoms with Crippen LogP contribution < -0.4 is 0 Å². The Balaban J connectivity index is 1.90. The monoisotopic (exact) mass is 486 g/mol. The zero-order valence-electron chi connectivity index (χ0n) is 20.0. The second-order valence-electron chi connectivity index (χ2n) is 8.05. The SMILES string of the molecule is CC(=O)OC[C@H]1O[C@@H](OC(C)=O)[C@@H](OCc2ccccc2)[C@@H](OC(C)=O)[C@@H]1OCc1ccccc1. The Hall–Kier alpha value is -3.27. The molecule has 0 N–H and O–H groups in total. The quantitative estimate of drug-likeness (QED) is 0.370. The highest BCUT2D eigenvalue weighted by atomic mass is 16.7. The molecule has 35 heavy (non-hydrogen) atoms. The predicted octanol–water partition coefficient (Wildman–Crippen LogP) is 2.94. The van der Waals surface area contributed by atoms with Gasteiger partial charge in [0.1, 0.15) is 18.8 Å². The molecule has 0 aromatic heterocycles. The van der Waals surface area contributed by atoms with Crippen molar-refractivity contribution in [3.8, 4) is 0 Å². The lowest BCUT2D eigenvalue weighted by Gasteiger charge is -2.44. The van der Waals surface area contributed by atoms with Crippen LogP contribution in [0.5, 0.6) is 0 Å². The Morgan fingerprint density at radius 2 is 1.20 bits per heavy atom. The first kappa shape index (κ1) is 26.3. The van der Waals surface area contributed by atoms with E-state index in [0.29, 0.717) is 0 Å². The molecule has 9 heteroatoms. The molecule has 188 valence electrons. The van der Waals surface area contributed by atoms with Crippen molar-refractivity contribution < 1.29 is 42.8 Å². The molecular formula is C26H30O9. The molecule has 9 nitrogen and oxygen atoms in total. The molecule has 3 rings (SSSR count). The molecular weight excluding hydrogens is 456 g/mol. The molecule has 1 aliphatic rings. The van der Waals surface area contributed by atoms with Crippen LogP contribution in [0, 0.1) is 0 Å². The molecule has 0 unspecified atom stereocenters. The molecule has 0 bridgehead atoms. The second kappa shape index (κ2) is 13.0. The maximum absolute atomic E-state index is 12.1. The maximum atomic E-state index is 12.1. The highest BCUT2D eigenvalue weighted by molar-refractivity contribution is 5.67. The third kappa shape index (κ3) is 8.17. The Bertz CT molecular complexity index is 963. The van der Waals surface area contributed by atoms with E-state index in [1.54, 1.807) is 0 Å². The third-order valence-corrected chi connectivity index (χ3v) is 5.20. The van der Waals surface area contributed by atoms with E-state index in [1.165, 1.54) is 20.8 Å². The van der Waals surface area contributed by atoms with Crippen molar-refractivity contribution in [2.45, 2.75) is 64.7 Å². The minimum atomic E-state index is -1.22. The van der Waals surface area contributed by atoms with Crippen LogP contribution in [0.4, 0.5) is 0 Å². The van der Waals surface area contributed by atoms with Gasteiger partial charge in [0.15, 0.2) is 12.2 Å². The Kier molecular flexibility index (Phi) is 9.77. The van der Waals surface area contributed by atoms with Crippen molar-refractivity contribution in [1.82, 2.24) is 0 Å². The number of ether oxygens (including phenoxy) is 6. The number of carbonyl (C=O) groups excluding carboxylic acids is 3. The van der Waals surface area contributed by atoms with Gasteiger partial charge in [-0.1, -0.05) is 60.7 Å². The second-order valence-corrected chi connectivity index (χ2v) is 8.05. The molecule has 0 saturated carbocycles. The van der Waals surface area contributed by atoms with E-state index in [1.807, 2.05) is 60.7 Å². The Morgan fingerprint density at radius 1 is 0.686 bits per heavy atom. The van der Waals surface area contributed by atoms with Crippen LogP contribution in [0.3, 0.4) is 0 Å². The molecule has 0 spiro atoms. The molecule has 5 atom stereocenters. The predicted molar refractivity (Wildman–Crippen MR) is 123 cm³/mol. The van der Waals surface area contributed by atoms with Gasteiger partial charge in [0.05, 0.1) is 13.2 Å². The van der Waals surface area contributed by atoms with E-state index < -0.39 is 48.6 Å². The van der Waals surface area contributed by atoms with Crippen molar-refractivity contribution in [3.63, 3.8) is 0 Å². The summed E-state index contributed by atoms with van der Waals surface area (Å²) in [4.78, 5) is 35.4. The minimum Gasteiger partial charge on any atom is -0.463 e. The van der Waals surface area contributed by atoms with E-state index in [0.717, 1.165) is 11.1 Å². The zero-order valence-corrected chi connectivity index (χ0v) is 20.0. The first-order valence-corrected chi connectivity index (χ1v) is 11.3. The topological polar surface area (TPSA) is 107 Å². The number of rotatable bonds is 10. The maximum Gasteiger partial charge on any atom is 0.305 e. The molecule has 1 aliphatic heterocycles. The Labute approximate surface area is 204 Å². The first-order chi connectivity index (χ1) is 16.8. The highest BCUT2D eigenvalue weighted by Gasteiger charge is 2.51. The van der Waals surface area contributed by atoms with Crippen molar-refractivity contribution in [2.75, 3.05) is 6.61 Å². The van der Waals surface area contributed by atoms with Gasteiger partial charge in [-0.2, -0.15) is 0 Å². The average Bonchev–Trinajstić information content (AvgIpc) is 2.82. The fraction of sp³-hybridized carbons (Fsp3) is 0.423. The van der Waals surface area contributed by atoms with Crippen LogP contribution in [-0.4, -0.2) is 55.2 Å². The summed E-state index contributed by atoms with van der Waals surface area (Å²) in [6.07, 6.45) is -5.02. The number of hydrogen-bond donors (Lipinski definition) is 0. The van der Waals surface area contributed by atoms with Gasteiger partial charge >= 0.3 is 17.9 Å². The van der Waals surface area contributed by atoms with Crippen LogP contribution >= 0.6 is 0 Å². The van der Waals surface area contributed by atoms with Crippen molar-refractivity contribution in [1.29, 1.82) is 0 Å². The third-order valence-electron chi connectivity index (χ3n) is 5.20. The summed E-state index contributed by atoms with van der Waals surface area (Å²) in [5.41, 5.74) is 1.74. The number of esters is 3. The summed E-state index contributed by atoms with van der Waals surface area (Å²) >= 11 is 0. The van der Waals surface area contributed by atoms with Gasteiger partial charge in [-0.15, -0.1) is 0 Å². The lowest BCUT2D eigenvalue weighted by atomic mass is 9.98. The van der Waals surface area contributed by atoms with Crippen LogP contribution in [0.25, 0.3) is 0 Å². The summed E-state index contributed by atoms with van der Waals surface area (Å²) in [5.74, 6) is -1.71. The molecule has 2 aromatic rings. The molecule has 2 aromatic carbocycles. The standard InChI is InChI=1S/C26H30O9/c1-17(27)30-16-22-23(31-14-20-10-6-4-7-11-20)24(33-18(2)28)25(26(35-22)34-19(3)29)32-15-21-12-8-5-9-13-21/h4-13,22-26H,14-16H2,1-3H3/t22-,23-,24+,25+,26-/m1/s1. The largest absolute Gasteiger partial charge is 0.463 e. The van der Waals surface area contributed by atoms with E-state index in [4.69, 9.17) is 28.4 Å². The van der Waals surface area contributed by atoms with Crippen LogP contribution in [0.15, 0.2) is 60.7 Å². The van der Waals surface area contributed by atoms with Gasteiger partial charge in [-0.25, -0.2) is 0 Å². The molecule has 0 amide bonds. The summed E-state index contributed by atoms with van der Waals surface area (Å²) in [7, 11) is 0. The number of carbonyl (C=O) groups is 3. The summed E-state index contributed by atoms with van der Waals surface area (Å²) in [6.45, 7) is 3.88. The van der Waals surface area contributed by atoms with E-state index >= 15 is 0 Å². The summed E-state index contributed by atoms with van der Waals surface area (Å²) in [5, 5.41) is 0. The highest BCUT2D eigenvalue weighted by Crippen LogP contribution is 2.31. The fourth-order valence-corrected chi connectivity index (χ4v) is 3.71. The lowest BCUT2D eigenvalue weighted by molar-refractivity contribution is -0.312. The van der Waals surface area contributed by atoms with Crippen molar-refractivity contribution in [2.24, 2.45) is 0 Å². The van der Waals surface area contributed by atoms with Crippen molar-refractivity contribution >= 4 is 17.9 Å². The van der Waals surface area contributed by atoms with E-state index in [9.17, 15) is 14.4 Å². The average molecular weight is 487 g/mol. The van der Waals surface area contributed by atoms with Crippen LogP contribution in [-0.2, 0) is 56.0 Å². The smallest absolute Gasteiger partial charge is 0.305 e. The number of hydrogen-bond acceptors (Lipinski definition) is 9. The van der Waals surface area contributed by atoms with Crippen LogP contribution in [0.2, 0.25) is 0 Å². The molecule has 1 saturated heterocycles. The molecule has 1 heterocycles. The Morgan fingerprint density at radius 3 is 1.69 bits per heavy atom. The normalized spacial score (nSPS) is 23.8. The first-order valence-electron chi connectivity index (χ1n) is 11.3. The zero-order chi connectivity index (χ0) is 25.2. The number of benzene rings is 2.